The molecule has 0 bridgehead atoms. The summed E-state index contributed by atoms with van der Waals surface area (Å²) in [5.41, 5.74) is 1.10. The van der Waals surface area contributed by atoms with Crippen LogP contribution in [0.2, 0.25) is 0 Å². The first kappa shape index (κ1) is 14.5. The Morgan fingerprint density at radius 3 is 2.33 bits per heavy atom. The fourth-order valence-electron chi connectivity index (χ4n) is 1.72. The molecule has 0 aliphatic heterocycles. The molecule has 0 saturated heterocycles. The third-order valence-corrected chi connectivity index (χ3v) is 2.74. The van der Waals surface area contributed by atoms with Crippen LogP contribution in [0.3, 0.4) is 0 Å². The van der Waals surface area contributed by atoms with Crippen LogP contribution in [0.4, 0.5) is 0 Å². The summed E-state index contributed by atoms with van der Waals surface area (Å²) in [7, 11) is 3.54. The fourth-order valence-corrected chi connectivity index (χ4v) is 1.72. The second kappa shape index (κ2) is 7.01. The van der Waals surface area contributed by atoms with Gasteiger partial charge in [0.1, 0.15) is 5.75 Å². The monoisotopic (exact) mass is 250 g/mol. The minimum absolute atomic E-state index is 0.113. The molecule has 4 heteroatoms. The average molecular weight is 250 g/mol. The van der Waals surface area contributed by atoms with Crippen LogP contribution in [0.15, 0.2) is 24.3 Å². The van der Waals surface area contributed by atoms with Crippen LogP contribution in [0.25, 0.3) is 0 Å². The van der Waals surface area contributed by atoms with E-state index >= 15 is 0 Å². The zero-order valence-corrected chi connectivity index (χ0v) is 11.4. The number of carbonyl (C=O) groups is 1. The highest BCUT2D eigenvalue weighted by Gasteiger charge is 2.11. The first-order valence-corrected chi connectivity index (χ1v) is 6.23. The van der Waals surface area contributed by atoms with Gasteiger partial charge in [0, 0.05) is 20.6 Å². The van der Waals surface area contributed by atoms with Crippen molar-refractivity contribution >= 4 is 5.91 Å². The molecule has 0 unspecified atom stereocenters. The summed E-state index contributed by atoms with van der Waals surface area (Å²) >= 11 is 0. The van der Waals surface area contributed by atoms with Gasteiger partial charge < -0.3 is 10.0 Å². The predicted molar refractivity (Wildman–Crippen MR) is 72.4 cm³/mol. The highest BCUT2D eigenvalue weighted by atomic mass is 16.3. The molecule has 1 N–H and O–H groups in total. The quantitative estimate of drug-likeness (QED) is 0.835. The van der Waals surface area contributed by atoms with Crippen LogP contribution >= 0.6 is 0 Å². The Labute approximate surface area is 109 Å². The molecule has 0 spiro atoms. The molecule has 0 fully saturated rings. The molecule has 0 saturated carbocycles. The Balaban J connectivity index is 2.62. The van der Waals surface area contributed by atoms with Gasteiger partial charge in [-0.2, -0.15) is 0 Å². The molecule has 0 aromatic heterocycles. The summed E-state index contributed by atoms with van der Waals surface area (Å²) in [5, 5.41) is 9.24. The Hall–Kier alpha value is -1.55. The second-order valence-corrected chi connectivity index (χ2v) is 4.67. The molecule has 0 heterocycles. The molecule has 100 valence electrons. The Morgan fingerprint density at radius 1 is 1.22 bits per heavy atom. The number of nitrogens with zero attached hydrogens (tertiary/aromatic N) is 2. The summed E-state index contributed by atoms with van der Waals surface area (Å²) in [6.07, 6.45) is 1.01. The number of phenolic OH excluding ortho intramolecular Hbond substituents is 1. The van der Waals surface area contributed by atoms with Crippen LogP contribution < -0.4 is 0 Å². The number of hydrogen-bond acceptors (Lipinski definition) is 3. The zero-order valence-electron chi connectivity index (χ0n) is 11.4. The molecular weight excluding hydrogens is 228 g/mol. The first-order chi connectivity index (χ1) is 8.52. The lowest BCUT2D eigenvalue weighted by molar-refractivity contribution is -0.130. The third-order valence-electron chi connectivity index (χ3n) is 2.74. The summed E-state index contributed by atoms with van der Waals surface area (Å²) in [6, 6.07) is 7.12. The van der Waals surface area contributed by atoms with Crippen molar-refractivity contribution in [1.29, 1.82) is 0 Å². The molecule has 0 aliphatic carbocycles. The third kappa shape index (κ3) is 4.75. The largest absolute Gasteiger partial charge is 0.508 e. The number of phenols is 1. The van der Waals surface area contributed by atoms with E-state index in [-0.39, 0.29) is 11.7 Å². The lowest BCUT2D eigenvalue weighted by Crippen LogP contribution is -2.36. The Bertz CT molecular complexity index is 374. The maximum atomic E-state index is 11.7. The molecule has 1 aromatic rings. The van der Waals surface area contributed by atoms with E-state index in [1.807, 2.05) is 12.1 Å². The van der Waals surface area contributed by atoms with Gasteiger partial charge in [-0.05, 0) is 30.7 Å². The molecule has 0 radical (unpaired) electrons. The van der Waals surface area contributed by atoms with E-state index in [0.29, 0.717) is 6.54 Å². The molecule has 4 nitrogen and oxygen atoms in total. The van der Waals surface area contributed by atoms with Gasteiger partial charge in [0.15, 0.2) is 0 Å². The zero-order chi connectivity index (χ0) is 13.5. The van der Waals surface area contributed by atoms with Crippen molar-refractivity contribution in [2.75, 3.05) is 27.2 Å². The fraction of sp³-hybridized carbons (Fsp3) is 0.500. The normalized spacial score (nSPS) is 10.7. The molecule has 0 aliphatic rings. The number of benzene rings is 1. The average Bonchev–Trinajstić information content (AvgIpc) is 2.32. The van der Waals surface area contributed by atoms with Gasteiger partial charge in [-0.15, -0.1) is 0 Å². The van der Waals surface area contributed by atoms with Crippen LogP contribution in [0.1, 0.15) is 18.9 Å². The maximum Gasteiger partial charge on any atom is 0.236 e. The first-order valence-electron chi connectivity index (χ1n) is 6.23. The minimum Gasteiger partial charge on any atom is -0.508 e. The Morgan fingerprint density at radius 2 is 1.83 bits per heavy atom. The van der Waals surface area contributed by atoms with E-state index in [1.54, 1.807) is 31.1 Å². The number of amides is 1. The van der Waals surface area contributed by atoms with E-state index in [2.05, 4.69) is 11.8 Å². The van der Waals surface area contributed by atoms with Crippen LogP contribution in [-0.4, -0.2) is 48.0 Å². The second-order valence-electron chi connectivity index (χ2n) is 4.67. The number of aromatic hydroxyl groups is 1. The standard InChI is InChI=1S/C14H22N2O2/c1-4-9-16(11-14(18)15(2)3)10-12-5-7-13(17)8-6-12/h5-8,17H,4,9-11H2,1-3H3. The van der Waals surface area contributed by atoms with E-state index < -0.39 is 0 Å². The van der Waals surface area contributed by atoms with E-state index in [1.165, 1.54) is 0 Å². The highest BCUT2D eigenvalue weighted by molar-refractivity contribution is 5.77. The smallest absolute Gasteiger partial charge is 0.236 e. The molecule has 0 atom stereocenters. The molecule has 1 rings (SSSR count). The minimum atomic E-state index is 0.113. The SMILES string of the molecule is CCCN(CC(=O)N(C)C)Cc1ccc(O)cc1. The van der Waals surface area contributed by atoms with Crippen molar-refractivity contribution in [3.05, 3.63) is 29.8 Å². The van der Waals surface area contributed by atoms with Gasteiger partial charge in [-0.1, -0.05) is 19.1 Å². The van der Waals surface area contributed by atoms with Gasteiger partial charge in [0.2, 0.25) is 5.91 Å². The van der Waals surface area contributed by atoms with Crippen molar-refractivity contribution in [3.63, 3.8) is 0 Å². The summed E-state index contributed by atoms with van der Waals surface area (Å²) in [4.78, 5) is 15.4. The van der Waals surface area contributed by atoms with Crippen molar-refractivity contribution in [2.45, 2.75) is 19.9 Å². The van der Waals surface area contributed by atoms with Crippen molar-refractivity contribution in [1.82, 2.24) is 9.80 Å². The van der Waals surface area contributed by atoms with Gasteiger partial charge in [-0.25, -0.2) is 0 Å². The maximum absolute atomic E-state index is 11.7. The predicted octanol–water partition coefficient (Wildman–Crippen LogP) is 1.69. The van der Waals surface area contributed by atoms with Gasteiger partial charge in [0.25, 0.3) is 0 Å². The number of hydrogen-bond donors (Lipinski definition) is 1. The van der Waals surface area contributed by atoms with Crippen molar-refractivity contribution in [3.8, 4) is 5.75 Å². The van der Waals surface area contributed by atoms with Crippen LogP contribution in [0, 0.1) is 0 Å². The lowest BCUT2D eigenvalue weighted by Gasteiger charge is -2.23. The highest BCUT2D eigenvalue weighted by Crippen LogP contribution is 2.12. The summed E-state index contributed by atoms with van der Waals surface area (Å²) in [6.45, 7) is 4.15. The molecular formula is C14H22N2O2. The Kier molecular flexibility index (Phi) is 5.65. The van der Waals surface area contributed by atoms with Crippen LogP contribution in [-0.2, 0) is 11.3 Å². The van der Waals surface area contributed by atoms with Crippen LogP contribution in [0.5, 0.6) is 5.75 Å². The van der Waals surface area contributed by atoms with Crippen molar-refractivity contribution in [2.24, 2.45) is 0 Å². The number of carbonyl (C=O) groups excluding carboxylic acids is 1. The molecule has 1 amide bonds. The number of rotatable bonds is 6. The topological polar surface area (TPSA) is 43.8 Å². The van der Waals surface area contributed by atoms with Crippen molar-refractivity contribution < 1.29 is 9.90 Å². The van der Waals surface area contributed by atoms with E-state index in [9.17, 15) is 9.90 Å². The summed E-state index contributed by atoms with van der Waals surface area (Å²) in [5.74, 6) is 0.382. The summed E-state index contributed by atoms with van der Waals surface area (Å²) < 4.78 is 0. The molecule has 18 heavy (non-hydrogen) atoms. The van der Waals surface area contributed by atoms with Gasteiger partial charge in [-0.3, -0.25) is 9.69 Å². The van der Waals surface area contributed by atoms with E-state index in [0.717, 1.165) is 25.1 Å². The van der Waals surface area contributed by atoms with Gasteiger partial charge >= 0.3 is 0 Å². The number of likely N-dealkylation sites (N-methyl/N-ethyl adjacent to an activating group) is 1. The van der Waals surface area contributed by atoms with Gasteiger partial charge in [0.05, 0.1) is 6.54 Å². The lowest BCUT2D eigenvalue weighted by atomic mass is 10.2. The molecule has 1 aromatic carbocycles. The van der Waals surface area contributed by atoms with E-state index in [4.69, 9.17) is 0 Å².